The van der Waals surface area contributed by atoms with Crippen molar-refractivity contribution in [3.8, 4) is 0 Å². The molecule has 0 aromatic rings. The van der Waals surface area contributed by atoms with Gasteiger partial charge < -0.3 is 10.6 Å². The quantitative estimate of drug-likeness (QED) is 0.687. The van der Waals surface area contributed by atoms with Gasteiger partial charge in [-0.05, 0) is 19.8 Å². The van der Waals surface area contributed by atoms with E-state index in [0.29, 0.717) is 6.42 Å². The molecule has 1 amide bonds. The third-order valence-corrected chi connectivity index (χ3v) is 2.36. The van der Waals surface area contributed by atoms with E-state index in [1.165, 1.54) is 0 Å². The molecule has 0 heterocycles. The van der Waals surface area contributed by atoms with Crippen LogP contribution in [0.4, 0.5) is 0 Å². The number of nitrogens with zero attached hydrogens (tertiary/aromatic N) is 1. The number of hydrogen-bond donors (Lipinski definition) is 1. The van der Waals surface area contributed by atoms with E-state index in [1.807, 2.05) is 20.9 Å². The molecular formula is C9H20N2O. The Labute approximate surface area is 74.9 Å². The highest BCUT2D eigenvalue weighted by Crippen LogP contribution is 2.03. The molecule has 0 saturated heterocycles. The lowest BCUT2D eigenvalue weighted by atomic mass is 10.1. The molecule has 0 rings (SSSR count). The van der Waals surface area contributed by atoms with Crippen LogP contribution in [0.3, 0.4) is 0 Å². The van der Waals surface area contributed by atoms with Crippen molar-refractivity contribution in [1.82, 2.24) is 4.90 Å². The van der Waals surface area contributed by atoms with Crippen molar-refractivity contribution >= 4 is 5.91 Å². The molecule has 0 radical (unpaired) electrons. The van der Waals surface area contributed by atoms with Gasteiger partial charge in [-0.2, -0.15) is 0 Å². The van der Waals surface area contributed by atoms with E-state index in [9.17, 15) is 4.79 Å². The summed E-state index contributed by atoms with van der Waals surface area (Å²) < 4.78 is 0. The van der Waals surface area contributed by atoms with Crippen molar-refractivity contribution in [3.63, 3.8) is 0 Å². The molecule has 3 heteroatoms. The Kier molecular flexibility index (Phi) is 4.90. The third-order valence-electron chi connectivity index (χ3n) is 2.36. The molecule has 0 aromatic carbocycles. The molecule has 0 saturated carbocycles. The van der Waals surface area contributed by atoms with Crippen LogP contribution in [0.15, 0.2) is 0 Å². The standard InChI is InChI=1S/C9H20N2O/c1-5-7(3)11(4)9(12)8(10)6-2/h7-8H,5-6,10H2,1-4H3. The number of nitrogens with two attached hydrogens (primary N) is 1. The Morgan fingerprint density at radius 2 is 1.92 bits per heavy atom. The van der Waals surface area contributed by atoms with E-state index < -0.39 is 0 Å². The lowest BCUT2D eigenvalue weighted by Crippen LogP contribution is -2.45. The molecule has 0 aliphatic rings. The van der Waals surface area contributed by atoms with Crippen molar-refractivity contribution in [2.75, 3.05) is 7.05 Å². The predicted octanol–water partition coefficient (Wildman–Crippen LogP) is 0.981. The highest BCUT2D eigenvalue weighted by atomic mass is 16.2. The highest BCUT2D eigenvalue weighted by molar-refractivity contribution is 5.81. The van der Waals surface area contributed by atoms with Crippen LogP contribution in [-0.4, -0.2) is 29.9 Å². The Morgan fingerprint density at radius 1 is 1.42 bits per heavy atom. The van der Waals surface area contributed by atoms with Crippen molar-refractivity contribution in [1.29, 1.82) is 0 Å². The van der Waals surface area contributed by atoms with Gasteiger partial charge in [0.25, 0.3) is 0 Å². The average molecular weight is 172 g/mol. The summed E-state index contributed by atoms with van der Waals surface area (Å²) in [6.45, 7) is 6.01. The first-order valence-electron chi connectivity index (χ1n) is 4.56. The second-order valence-electron chi connectivity index (χ2n) is 3.22. The van der Waals surface area contributed by atoms with Crippen LogP contribution in [0.1, 0.15) is 33.6 Å². The average Bonchev–Trinajstić information content (AvgIpc) is 2.12. The van der Waals surface area contributed by atoms with Gasteiger partial charge in [0, 0.05) is 13.1 Å². The fraction of sp³-hybridized carbons (Fsp3) is 0.889. The monoisotopic (exact) mass is 172 g/mol. The van der Waals surface area contributed by atoms with E-state index in [0.717, 1.165) is 6.42 Å². The number of carbonyl (C=O) groups excluding carboxylic acids is 1. The second-order valence-corrected chi connectivity index (χ2v) is 3.22. The van der Waals surface area contributed by atoms with Gasteiger partial charge in [0.15, 0.2) is 0 Å². The van der Waals surface area contributed by atoms with E-state index in [-0.39, 0.29) is 18.0 Å². The number of carbonyl (C=O) groups is 1. The summed E-state index contributed by atoms with van der Waals surface area (Å²) >= 11 is 0. The smallest absolute Gasteiger partial charge is 0.239 e. The van der Waals surface area contributed by atoms with Gasteiger partial charge in [-0.15, -0.1) is 0 Å². The first kappa shape index (κ1) is 11.4. The predicted molar refractivity (Wildman–Crippen MR) is 50.8 cm³/mol. The molecule has 0 aromatic heterocycles. The van der Waals surface area contributed by atoms with Crippen LogP contribution in [0.5, 0.6) is 0 Å². The van der Waals surface area contributed by atoms with Crippen molar-refractivity contribution in [3.05, 3.63) is 0 Å². The fourth-order valence-corrected chi connectivity index (χ4v) is 0.927. The van der Waals surface area contributed by atoms with Gasteiger partial charge in [0.2, 0.25) is 5.91 Å². The van der Waals surface area contributed by atoms with Gasteiger partial charge in [-0.3, -0.25) is 4.79 Å². The highest BCUT2D eigenvalue weighted by Gasteiger charge is 2.18. The topological polar surface area (TPSA) is 46.3 Å². The van der Waals surface area contributed by atoms with Crippen LogP contribution in [-0.2, 0) is 4.79 Å². The molecule has 0 bridgehead atoms. The first-order chi connectivity index (χ1) is 5.54. The minimum absolute atomic E-state index is 0.0480. The maximum absolute atomic E-state index is 11.5. The molecular weight excluding hydrogens is 152 g/mol. The normalized spacial score (nSPS) is 15.4. The van der Waals surface area contributed by atoms with Crippen LogP contribution in [0.2, 0.25) is 0 Å². The molecule has 0 fully saturated rings. The van der Waals surface area contributed by atoms with Gasteiger partial charge in [-0.25, -0.2) is 0 Å². The molecule has 2 atom stereocenters. The molecule has 12 heavy (non-hydrogen) atoms. The van der Waals surface area contributed by atoms with Crippen LogP contribution >= 0.6 is 0 Å². The molecule has 0 spiro atoms. The van der Waals surface area contributed by atoms with Crippen molar-refractivity contribution in [2.24, 2.45) is 5.73 Å². The summed E-state index contributed by atoms with van der Waals surface area (Å²) in [5.41, 5.74) is 5.62. The van der Waals surface area contributed by atoms with E-state index in [2.05, 4.69) is 6.92 Å². The largest absolute Gasteiger partial charge is 0.342 e. The van der Waals surface area contributed by atoms with E-state index in [4.69, 9.17) is 5.73 Å². The third kappa shape index (κ3) is 2.81. The van der Waals surface area contributed by atoms with Crippen molar-refractivity contribution < 1.29 is 4.79 Å². The Morgan fingerprint density at radius 3 is 2.25 bits per heavy atom. The maximum atomic E-state index is 11.5. The molecule has 0 aliphatic heterocycles. The summed E-state index contributed by atoms with van der Waals surface area (Å²) in [4.78, 5) is 13.2. The van der Waals surface area contributed by atoms with Crippen LogP contribution in [0, 0.1) is 0 Å². The SMILES string of the molecule is CCC(N)C(=O)N(C)C(C)CC. The summed E-state index contributed by atoms with van der Waals surface area (Å²) in [6.07, 6.45) is 1.68. The fourth-order valence-electron chi connectivity index (χ4n) is 0.927. The summed E-state index contributed by atoms with van der Waals surface area (Å²) in [5, 5.41) is 0. The molecule has 0 aliphatic carbocycles. The minimum atomic E-state index is -0.330. The van der Waals surface area contributed by atoms with E-state index in [1.54, 1.807) is 4.90 Å². The second kappa shape index (κ2) is 5.14. The van der Waals surface area contributed by atoms with Gasteiger partial charge in [-0.1, -0.05) is 13.8 Å². The number of rotatable bonds is 4. The Balaban J connectivity index is 4.09. The molecule has 2 unspecified atom stereocenters. The summed E-state index contributed by atoms with van der Waals surface area (Å²) in [7, 11) is 1.81. The van der Waals surface area contributed by atoms with E-state index >= 15 is 0 Å². The zero-order valence-electron chi connectivity index (χ0n) is 8.50. The number of hydrogen-bond acceptors (Lipinski definition) is 2. The van der Waals surface area contributed by atoms with Gasteiger partial charge >= 0.3 is 0 Å². The van der Waals surface area contributed by atoms with Crippen LogP contribution < -0.4 is 5.73 Å². The zero-order chi connectivity index (χ0) is 9.72. The molecule has 72 valence electrons. The minimum Gasteiger partial charge on any atom is -0.342 e. The Hall–Kier alpha value is -0.570. The summed E-state index contributed by atoms with van der Waals surface area (Å²) in [5.74, 6) is 0.0480. The molecule has 2 N–H and O–H groups in total. The van der Waals surface area contributed by atoms with Gasteiger partial charge in [0.05, 0.1) is 6.04 Å². The molecule has 3 nitrogen and oxygen atoms in total. The summed E-state index contributed by atoms with van der Waals surface area (Å²) in [6, 6.07) is -0.0425. The number of amides is 1. The Bertz CT molecular complexity index is 147. The van der Waals surface area contributed by atoms with Crippen LogP contribution in [0.25, 0.3) is 0 Å². The van der Waals surface area contributed by atoms with Crippen molar-refractivity contribution in [2.45, 2.75) is 45.7 Å². The zero-order valence-corrected chi connectivity index (χ0v) is 8.50. The lowest BCUT2D eigenvalue weighted by molar-refractivity contribution is -0.133. The maximum Gasteiger partial charge on any atom is 0.239 e. The first-order valence-corrected chi connectivity index (χ1v) is 4.56. The number of likely N-dealkylation sites (N-methyl/N-ethyl adjacent to an activating group) is 1. The van der Waals surface area contributed by atoms with Gasteiger partial charge in [0.1, 0.15) is 0 Å². The lowest BCUT2D eigenvalue weighted by Gasteiger charge is -2.26.